The normalized spacial score (nSPS) is 10.9. The van der Waals surface area contributed by atoms with E-state index in [-0.39, 0.29) is 11.5 Å². The molecule has 0 saturated heterocycles. The molecule has 0 aliphatic heterocycles. The van der Waals surface area contributed by atoms with Gasteiger partial charge in [0.25, 0.3) is 11.5 Å². The molecule has 0 spiro atoms. The van der Waals surface area contributed by atoms with E-state index in [1.807, 2.05) is 54.6 Å². The number of nitrogens with zero attached hydrogens (tertiary/aromatic N) is 4. The van der Waals surface area contributed by atoms with E-state index < -0.39 is 0 Å². The van der Waals surface area contributed by atoms with E-state index in [0.717, 1.165) is 11.1 Å². The highest BCUT2D eigenvalue weighted by molar-refractivity contribution is 7.98. The van der Waals surface area contributed by atoms with Crippen molar-refractivity contribution in [2.75, 3.05) is 14.1 Å². The summed E-state index contributed by atoms with van der Waals surface area (Å²) in [5.41, 5.74) is 3.26. The highest BCUT2D eigenvalue weighted by atomic mass is 32.2. The van der Waals surface area contributed by atoms with Gasteiger partial charge in [0, 0.05) is 37.8 Å². The van der Waals surface area contributed by atoms with Crippen molar-refractivity contribution in [1.82, 2.24) is 19.4 Å². The van der Waals surface area contributed by atoms with Gasteiger partial charge in [-0.1, -0.05) is 42.1 Å². The minimum Gasteiger partial charge on any atom is -0.345 e. The first-order valence-corrected chi connectivity index (χ1v) is 10.8. The minimum absolute atomic E-state index is 0.0271. The molecule has 4 aromatic rings. The molecule has 1 amide bonds. The lowest BCUT2D eigenvalue weighted by atomic mass is 10.1. The summed E-state index contributed by atoms with van der Waals surface area (Å²) in [6.07, 6.45) is 3.47. The van der Waals surface area contributed by atoms with Gasteiger partial charge >= 0.3 is 0 Å². The summed E-state index contributed by atoms with van der Waals surface area (Å²) in [5, 5.41) is 1.25. The van der Waals surface area contributed by atoms with Crippen LogP contribution in [-0.4, -0.2) is 39.4 Å². The van der Waals surface area contributed by atoms with Crippen molar-refractivity contribution < 1.29 is 4.79 Å². The predicted octanol–water partition coefficient (Wildman–Crippen LogP) is 3.83. The molecule has 0 atom stereocenters. The monoisotopic (exact) mass is 430 g/mol. The molecular weight excluding hydrogens is 408 g/mol. The maximum atomic E-state index is 13.2. The molecule has 0 radical (unpaired) electrons. The highest BCUT2D eigenvalue weighted by Crippen LogP contribution is 2.23. The number of rotatable bonds is 6. The number of hydrogen-bond acceptors (Lipinski definition) is 5. The molecule has 6 nitrogen and oxygen atoms in total. The molecule has 2 aromatic heterocycles. The quantitative estimate of drug-likeness (QED) is 0.343. The van der Waals surface area contributed by atoms with Crippen LogP contribution in [0.15, 0.2) is 83.0 Å². The molecular formula is C24H22N4O2S. The van der Waals surface area contributed by atoms with Crippen molar-refractivity contribution >= 4 is 28.6 Å². The van der Waals surface area contributed by atoms with Gasteiger partial charge in [-0.3, -0.25) is 19.1 Å². The Kier molecular flexibility index (Phi) is 6.13. The van der Waals surface area contributed by atoms with Crippen LogP contribution >= 0.6 is 11.8 Å². The summed E-state index contributed by atoms with van der Waals surface area (Å²) in [5.74, 6) is 0.606. The standard InChI is InChI=1S/C24H22N4O2S/c1-27(2)22(29)19-11-9-17(10-12-19)16-31-24-26-21-8-4-3-7-20(21)23(30)28(24)15-18-6-5-13-25-14-18/h3-14H,15-16H2,1-2H3. The van der Waals surface area contributed by atoms with Crippen LogP contribution in [0.25, 0.3) is 10.9 Å². The van der Waals surface area contributed by atoms with E-state index >= 15 is 0 Å². The van der Waals surface area contributed by atoms with Gasteiger partial charge in [-0.25, -0.2) is 4.98 Å². The smallest absolute Gasteiger partial charge is 0.262 e. The Morgan fingerprint density at radius 3 is 2.48 bits per heavy atom. The molecule has 4 rings (SSSR count). The summed E-state index contributed by atoms with van der Waals surface area (Å²) in [4.78, 5) is 35.8. The average Bonchev–Trinajstić information content (AvgIpc) is 2.80. The third-order valence-corrected chi connectivity index (χ3v) is 5.91. The van der Waals surface area contributed by atoms with E-state index in [9.17, 15) is 9.59 Å². The van der Waals surface area contributed by atoms with Gasteiger partial charge < -0.3 is 4.90 Å². The number of benzene rings is 2. The average molecular weight is 431 g/mol. The molecule has 0 N–H and O–H groups in total. The van der Waals surface area contributed by atoms with Crippen molar-refractivity contribution in [1.29, 1.82) is 0 Å². The van der Waals surface area contributed by atoms with Crippen molar-refractivity contribution in [2.24, 2.45) is 0 Å². The fourth-order valence-electron chi connectivity index (χ4n) is 3.22. The summed E-state index contributed by atoms with van der Waals surface area (Å²) < 4.78 is 1.70. The fraction of sp³-hybridized carbons (Fsp3) is 0.167. The number of carbonyl (C=O) groups excluding carboxylic acids is 1. The first-order valence-electron chi connectivity index (χ1n) is 9.85. The van der Waals surface area contributed by atoms with Crippen molar-refractivity contribution in [3.63, 3.8) is 0 Å². The SMILES string of the molecule is CN(C)C(=O)c1ccc(CSc2nc3ccccc3c(=O)n2Cc2cccnc2)cc1. The molecule has 7 heteroatoms. The maximum absolute atomic E-state index is 13.2. The molecule has 0 aliphatic carbocycles. The number of fused-ring (bicyclic) bond motifs is 1. The van der Waals surface area contributed by atoms with Crippen LogP contribution < -0.4 is 5.56 Å². The zero-order chi connectivity index (χ0) is 21.8. The molecule has 0 unspecified atom stereocenters. The van der Waals surface area contributed by atoms with Crippen molar-refractivity contribution in [3.05, 3.63) is 100 Å². The minimum atomic E-state index is -0.0659. The second-order valence-corrected chi connectivity index (χ2v) is 8.29. The van der Waals surface area contributed by atoms with Crippen LogP contribution in [0.2, 0.25) is 0 Å². The third kappa shape index (κ3) is 4.67. The number of aromatic nitrogens is 3. The summed E-state index contributed by atoms with van der Waals surface area (Å²) in [6, 6.07) is 18.7. The third-order valence-electron chi connectivity index (χ3n) is 4.87. The Bertz CT molecular complexity index is 1270. The highest BCUT2D eigenvalue weighted by Gasteiger charge is 2.13. The van der Waals surface area contributed by atoms with Crippen LogP contribution in [0.5, 0.6) is 0 Å². The summed E-state index contributed by atoms with van der Waals surface area (Å²) >= 11 is 1.51. The molecule has 0 aliphatic rings. The van der Waals surface area contributed by atoms with Crippen LogP contribution in [0, 0.1) is 0 Å². The number of carbonyl (C=O) groups is 1. The first-order chi connectivity index (χ1) is 15.0. The van der Waals surface area contributed by atoms with E-state index in [1.165, 1.54) is 11.8 Å². The lowest BCUT2D eigenvalue weighted by Gasteiger charge is -2.13. The van der Waals surface area contributed by atoms with Crippen LogP contribution in [-0.2, 0) is 12.3 Å². The number of amides is 1. The number of hydrogen-bond donors (Lipinski definition) is 0. The zero-order valence-corrected chi connectivity index (χ0v) is 18.2. The van der Waals surface area contributed by atoms with Gasteiger partial charge in [0.05, 0.1) is 17.4 Å². The topological polar surface area (TPSA) is 68.1 Å². The van der Waals surface area contributed by atoms with Gasteiger partial charge in [0.1, 0.15) is 0 Å². The fourth-order valence-corrected chi connectivity index (χ4v) is 4.18. The number of pyridine rings is 1. The Labute approximate surface area is 184 Å². The predicted molar refractivity (Wildman–Crippen MR) is 123 cm³/mol. The van der Waals surface area contributed by atoms with Gasteiger partial charge in [-0.2, -0.15) is 0 Å². The zero-order valence-electron chi connectivity index (χ0n) is 17.4. The second kappa shape index (κ2) is 9.14. The van der Waals surface area contributed by atoms with E-state index in [2.05, 4.69) is 4.98 Å². The molecule has 2 aromatic carbocycles. The van der Waals surface area contributed by atoms with Crippen LogP contribution in [0.3, 0.4) is 0 Å². The van der Waals surface area contributed by atoms with Gasteiger partial charge in [-0.15, -0.1) is 0 Å². The Hall–Kier alpha value is -3.45. The van der Waals surface area contributed by atoms with Crippen molar-refractivity contribution in [2.45, 2.75) is 17.5 Å². The molecule has 0 saturated carbocycles. The molecule has 0 fully saturated rings. The Balaban J connectivity index is 1.64. The van der Waals surface area contributed by atoms with Crippen LogP contribution in [0.4, 0.5) is 0 Å². The molecule has 31 heavy (non-hydrogen) atoms. The van der Waals surface area contributed by atoms with Gasteiger partial charge in [0.15, 0.2) is 5.16 Å². The number of para-hydroxylation sites is 1. The first kappa shape index (κ1) is 20.8. The Morgan fingerprint density at radius 1 is 1.00 bits per heavy atom. The van der Waals surface area contributed by atoms with E-state index in [0.29, 0.717) is 33.9 Å². The number of thioether (sulfide) groups is 1. The second-order valence-electron chi connectivity index (χ2n) is 7.35. The summed E-state index contributed by atoms with van der Waals surface area (Å²) in [6.45, 7) is 0.406. The summed E-state index contributed by atoms with van der Waals surface area (Å²) in [7, 11) is 3.47. The largest absolute Gasteiger partial charge is 0.345 e. The lowest BCUT2D eigenvalue weighted by Crippen LogP contribution is -2.24. The van der Waals surface area contributed by atoms with Gasteiger partial charge in [-0.05, 0) is 41.5 Å². The van der Waals surface area contributed by atoms with Gasteiger partial charge in [0.2, 0.25) is 0 Å². The van der Waals surface area contributed by atoms with E-state index in [1.54, 1.807) is 42.0 Å². The molecule has 156 valence electrons. The van der Waals surface area contributed by atoms with Crippen LogP contribution in [0.1, 0.15) is 21.5 Å². The van der Waals surface area contributed by atoms with Crippen molar-refractivity contribution in [3.8, 4) is 0 Å². The molecule has 2 heterocycles. The maximum Gasteiger partial charge on any atom is 0.262 e. The molecule has 0 bridgehead atoms. The Morgan fingerprint density at radius 2 is 1.77 bits per heavy atom. The van der Waals surface area contributed by atoms with E-state index in [4.69, 9.17) is 4.98 Å². The lowest BCUT2D eigenvalue weighted by molar-refractivity contribution is 0.0827.